The van der Waals surface area contributed by atoms with Gasteiger partial charge < -0.3 is 19.7 Å². The minimum atomic E-state index is -0.876. The largest absolute Gasteiger partial charge is 0.497 e. The average Bonchev–Trinajstić information content (AvgIpc) is 2.36. The second kappa shape index (κ2) is 6.07. The van der Waals surface area contributed by atoms with E-state index >= 15 is 0 Å². The molecule has 1 aromatic carbocycles. The van der Waals surface area contributed by atoms with Crippen molar-refractivity contribution in [3.63, 3.8) is 0 Å². The van der Waals surface area contributed by atoms with Crippen LogP contribution < -0.4 is 9.47 Å². The molecule has 2 N–H and O–H groups in total. The molecule has 0 spiro atoms. The lowest BCUT2D eigenvalue weighted by Gasteiger charge is -2.23. The topological polar surface area (TPSA) is 58.9 Å². The van der Waals surface area contributed by atoms with Crippen LogP contribution in [0.25, 0.3) is 0 Å². The molecule has 18 heavy (non-hydrogen) atoms. The predicted molar refractivity (Wildman–Crippen MR) is 70.0 cm³/mol. The Morgan fingerprint density at radius 2 is 2.06 bits per heavy atom. The zero-order chi connectivity index (χ0) is 13.8. The Kier molecular flexibility index (Phi) is 4.99. The first-order chi connectivity index (χ1) is 8.39. The van der Waals surface area contributed by atoms with Gasteiger partial charge in [-0.25, -0.2) is 0 Å². The van der Waals surface area contributed by atoms with Crippen molar-refractivity contribution in [3.05, 3.63) is 23.8 Å². The van der Waals surface area contributed by atoms with Crippen LogP contribution in [0.1, 0.15) is 38.9 Å². The molecule has 0 aliphatic carbocycles. The Morgan fingerprint density at radius 3 is 2.56 bits per heavy atom. The van der Waals surface area contributed by atoms with E-state index < -0.39 is 11.7 Å². The Hall–Kier alpha value is -1.26. The zero-order valence-electron chi connectivity index (χ0n) is 11.4. The minimum absolute atomic E-state index is 0.177. The van der Waals surface area contributed by atoms with E-state index in [1.54, 1.807) is 39.2 Å². The molecule has 0 radical (unpaired) electrons. The fourth-order valence-electron chi connectivity index (χ4n) is 1.45. The lowest BCUT2D eigenvalue weighted by atomic mass is 10.1. The highest BCUT2D eigenvalue weighted by Crippen LogP contribution is 2.30. The molecular weight excluding hydrogens is 232 g/mol. The summed E-state index contributed by atoms with van der Waals surface area (Å²) in [7, 11) is 1.57. The summed E-state index contributed by atoms with van der Waals surface area (Å²) in [4.78, 5) is 0. The lowest BCUT2D eigenvalue weighted by Crippen LogP contribution is -2.31. The van der Waals surface area contributed by atoms with E-state index in [0.717, 1.165) is 0 Å². The highest BCUT2D eigenvalue weighted by molar-refractivity contribution is 5.41. The summed E-state index contributed by atoms with van der Waals surface area (Å²) in [5.41, 5.74) is -0.193. The van der Waals surface area contributed by atoms with Crippen LogP contribution in [0.3, 0.4) is 0 Å². The molecule has 0 aliphatic rings. The second-order valence-corrected chi connectivity index (χ2v) is 4.72. The van der Waals surface area contributed by atoms with Crippen molar-refractivity contribution in [3.8, 4) is 11.5 Å². The molecule has 0 aliphatic heterocycles. The van der Waals surface area contributed by atoms with E-state index in [1.165, 1.54) is 0 Å². The van der Waals surface area contributed by atoms with E-state index in [0.29, 0.717) is 23.5 Å². The molecule has 4 heteroatoms. The minimum Gasteiger partial charge on any atom is -0.497 e. The summed E-state index contributed by atoms with van der Waals surface area (Å²) in [6, 6.07) is 5.25. The average molecular weight is 254 g/mol. The molecule has 1 rings (SSSR count). The summed E-state index contributed by atoms with van der Waals surface area (Å²) < 4.78 is 10.7. The number of benzene rings is 1. The maximum atomic E-state index is 9.92. The molecule has 0 aromatic heterocycles. The first kappa shape index (κ1) is 14.8. The summed E-state index contributed by atoms with van der Waals surface area (Å²) in [6.45, 7) is 5.46. The Balaban J connectivity index is 2.91. The molecule has 0 heterocycles. The molecule has 0 fully saturated rings. The number of aliphatic hydroxyl groups excluding tert-OH is 1. The van der Waals surface area contributed by atoms with Gasteiger partial charge in [0.05, 0.1) is 18.8 Å². The summed E-state index contributed by atoms with van der Waals surface area (Å²) in [6.07, 6.45) is -0.0291. The standard InChI is InChI=1S/C14H22O4/c1-5-14(3,16)9-18-13-8-11(17-4)6-7-12(13)10(2)15/h6-8,10,15-16H,5,9H2,1-4H3. The molecule has 2 unspecified atom stereocenters. The smallest absolute Gasteiger partial charge is 0.128 e. The number of aliphatic hydroxyl groups is 2. The first-order valence-electron chi connectivity index (χ1n) is 6.11. The van der Waals surface area contributed by atoms with Gasteiger partial charge in [0.2, 0.25) is 0 Å². The van der Waals surface area contributed by atoms with Gasteiger partial charge in [0, 0.05) is 11.6 Å². The third-order valence-corrected chi connectivity index (χ3v) is 2.97. The summed E-state index contributed by atoms with van der Waals surface area (Å²) in [5.74, 6) is 1.20. The van der Waals surface area contributed by atoms with Crippen LogP contribution in [-0.2, 0) is 0 Å². The lowest BCUT2D eigenvalue weighted by molar-refractivity contribution is 0.00739. The molecule has 0 saturated carbocycles. The molecule has 102 valence electrons. The number of methoxy groups -OCH3 is 1. The van der Waals surface area contributed by atoms with Gasteiger partial charge in [0.25, 0.3) is 0 Å². The van der Waals surface area contributed by atoms with Crippen LogP contribution in [-0.4, -0.2) is 29.5 Å². The van der Waals surface area contributed by atoms with Crippen molar-refractivity contribution in [2.24, 2.45) is 0 Å². The van der Waals surface area contributed by atoms with Gasteiger partial charge in [-0.2, -0.15) is 0 Å². The summed E-state index contributed by atoms with van der Waals surface area (Å²) in [5, 5.41) is 19.6. The van der Waals surface area contributed by atoms with Crippen LogP contribution >= 0.6 is 0 Å². The van der Waals surface area contributed by atoms with Crippen molar-refractivity contribution in [1.82, 2.24) is 0 Å². The maximum absolute atomic E-state index is 9.92. The van der Waals surface area contributed by atoms with Crippen LogP contribution in [0.4, 0.5) is 0 Å². The Morgan fingerprint density at radius 1 is 1.39 bits per heavy atom. The van der Waals surface area contributed by atoms with Gasteiger partial charge in [-0.15, -0.1) is 0 Å². The van der Waals surface area contributed by atoms with Crippen molar-refractivity contribution in [2.75, 3.05) is 13.7 Å². The van der Waals surface area contributed by atoms with Crippen molar-refractivity contribution in [2.45, 2.75) is 38.9 Å². The van der Waals surface area contributed by atoms with E-state index in [4.69, 9.17) is 9.47 Å². The molecular formula is C14H22O4. The quantitative estimate of drug-likeness (QED) is 0.817. The van der Waals surface area contributed by atoms with Crippen LogP contribution in [0.15, 0.2) is 18.2 Å². The van der Waals surface area contributed by atoms with Gasteiger partial charge in [0.1, 0.15) is 18.1 Å². The third-order valence-electron chi connectivity index (χ3n) is 2.97. The van der Waals surface area contributed by atoms with E-state index in [1.807, 2.05) is 6.92 Å². The highest BCUT2D eigenvalue weighted by atomic mass is 16.5. The first-order valence-corrected chi connectivity index (χ1v) is 6.11. The van der Waals surface area contributed by atoms with Crippen molar-refractivity contribution < 1.29 is 19.7 Å². The van der Waals surface area contributed by atoms with Crippen LogP contribution in [0, 0.1) is 0 Å². The summed E-state index contributed by atoms with van der Waals surface area (Å²) >= 11 is 0. The normalized spacial score (nSPS) is 15.9. The zero-order valence-corrected chi connectivity index (χ0v) is 11.4. The monoisotopic (exact) mass is 254 g/mol. The predicted octanol–water partition coefficient (Wildman–Crippen LogP) is 2.29. The number of rotatable bonds is 6. The fourth-order valence-corrected chi connectivity index (χ4v) is 1.45. The van der Waals surface area contributed by atoms with Crippen LogP contribution in [0.5, 0.6) is 11.5 Å². The van der Waals surface area contributed by atoms with Gasteiger partial charge >= 0.3 is 0 Å². The van der Waals surface area contributed by atoms with Gasteiger partial charge in [-0.05, 0) is 32.4 Å². The molecule has 2 atom stereocenters. The highest BCUT2D eigenvalue weighted by Gasteiger charge is 2.20. The fraction of sp³-hybridized carbons (Fsp3) is 0.571. The van der Waals surface area contributed by atoms with Gasteiger partial charge in [0.15, 0.2) is 0 Å². The second-order valence-electron chi connectivity index (χ2n) is 4.72. The number of ether oxygens (including phenoxy) is 2. The van der Waals surface area contributed by atoms with Gasteiger partial charge in [-0.1, -0.05) is 6.92 Å². The molecule has 0 amide bonds. The molecule has 0 saturated heterocycles. The SMILES string of the molecule is CCC(C)(O)COc1cc(OC)ccc1C(C)O. The Labute approximate surface area is 108 Å². The van der Waals surface area contributed by atoms with Gasteiger partial charge in [-0.3, -0.25) is 0 Å². The van der Waals surface area contributed by atoms with E-state index in [2.05, 4.69) is 0 Å². The van der Waals surface area contributed by atoms with Crippen molar-refractivity contribution in [1.29, 1.82) is 0 Å². The van der Waals surface area contributed by atoms with Crippen LogP contribution in [0.2, 0.25) is 0 Å². The molecule has 1 aromatic rings. The van der Waals surface area contributed by atoms with E-state index in [-0.39, 0.29) is 6.61 Å². The molecule has 4 nitrogen and oxygen atoms in total. The van der Waals surface area contributed by atoms with Crippen molar-refractivity contribution >= 4 is 0 Å². The third kappa shape index (κ3) is 3.89. The van der Waals surface area contributed by atoms with E-state index in [9.17, 15) is 10.2 Å². The molecule has 0 bridgehead atoms. The number of hydrogen-bond acceptors (Lipinski definition) is 4. The Bertz CT molecular complexity index is 385. The maximum Gasteiger partial charge on any atom is 0.128 e. The number of hydrogen-bond donors (Lipinski definition) is 2.